The molecule has 0 saturated carbocycles. The van der Waals surface area contributed by atoms with Crippen molar-refractivity contribution in [2.24, 2.45) is 0 Å². The number of nitrogens with two attached hydrogens (primary N) is 1. The smallest absolute Gasteiger partial charge is 0.330 e. The van der Waals surface area contributed by atoms with Gasteiger partial charge in [-0.1, -0.05) is 30.3 Å². The molecule has 1 aromatic carbocycles. The fraction of sp³-hybridized carbons (Fsp3) is 0.423. The summed E-state index contributed by atoms with van der Waals surface area (Å²) in [6.45, 7) is -1.29. The zero-order chi connectivity index (χ0) is 31.9. The maximum absolute atomic E-state index is 12.9. The van der Waals surface area contributed by atoms with E-state index >= 15 is 0 Å². The summed E-state index contributed by atoms with van der Waals surface area (Å²) < 4.78 is 42.8. The molecule has 0 spiro atoms. The number of nitrogens with zero attached hydrogens (tertiary/aromatic N) is 5. The van der Waals surface area contributed by atoms with Gasteiger partial charge >= 0.3 is 5.69 Å². The van der Waals surface area contributed by atoms with Crippen LogP contribution in [-0.4, -0.2) is 90.1 Å². The second-order valence-electron chi connectivity index (χ2n) is 10.3. The number of imidazole rings is 1. The Morgan fingerprint density at radius 2 is 1.93 bits per heavy atom. The fourth-order valence-corrected chi connectivity index (χ4v) is 6.36. The summed E-state index contributed by atoms with van der Waals surface area (Å²) in [6, 6.07) is 8.60. The molecule has 2 aliphatic heterocycles. The van der Waals surface area contributed by atoms with Gasteiger partial charge < -0.3 is 44.1 Å². The summed E-state index contributed by atoms with van der Waals surface area (Å²) in [5.41, 5.74) is 5.79. The van der Waals surface area contributed by atoms with Crippen LogP contribution in [0.3, 0.4) is 0 Å². The second-order valence-corrected chi connectivity index (χ2v) is 11.7. The van der Waals surface area contributed by atoms with Gasteiger partial charge in [0.25, 0.3) is 13.4 Å². The molecular weight excluding hydrogens is 617 g/mol. The van der Waals surface area contributed by atoms with Crippen molar-refractivity contribution in [2.75, 3.05) is 26.1 Å². The highest BCUT2D eigenvalue weighted by Gasteiger charge is 2.47. The van der Waals surface area contributed by atoms with E-state index in [1.54, 1.807) is 30.3 Å². The lowest BCUT2D eigenvalue weighted by molar-refractivity contribution is -0.234. The molecule has 4 aromatic rings. The Balaban J connectivity index is 1.14. The molecule has 0 radical (unpaired) electrons. The highest BCUT2D eigenvalue weighted by Crippen LogP contribution is 2.46. The first-order valence-electron chi connectivity index (χ1n) is 13.7. The van der Waals surface area contributed by atoms with Crippen molar-refractivity contribution in [1.29, 1.82) is 0 Å². The van der Waals surface area contributed by atoms with Gasteiger partial charge in [-0.05, 0) is 5.56 Å². The maximum atomic E-state index is 12.9. The highest BCUT2D eigenvalue weighted by atomic mass is 31.2. The van der Waals surface area contributed by atoms with Crippen LogP contribution in [0.25, 0.3) is 22.3 Å². The third-order valence-corrected chi connectivity index (χ3v) is 8.63. The number of phosphoric acid groups is 1. The SMILES string of the molecule is CO[C@H]1C(O)[C@@H](COP(=O)([O-])OC2C[C@H](n3cc(-c4ccccc4)c(=O)[nH]c3=O)O[C@@H]2CO)O[C@H]1n1cnc2c(N)ncnc21. The fourth-order valence-electron chi connectivity index (χ4n) is 5.42. The number of aliphatic hydroxyl groups is 2. The van der Waals surface area contributed by atoms with Gasteiger partial charge in [0.15, 0.2) is 17.7 Å². The normalized spacial score (nSPS) is 28.0. The van der Waals surface area contributed by atoms with Crippen LogP contribution in [0.1, 0.15) is 18.9 Å². The molecule has 45 heavy (non-hydrogen) atoms. The molecule has 5 heterocycles. The van der Waals surface area contributed by atoms with E-state index in [-0.39, 0.29) is 17.8 Å². The van der Waals surface area contributed by atoms with Crippen LogP contribution in [0.4, 0.5) is 5.82 Å². The Kier molecular flexibility index (Phi) is 8.66. The van der Waals surface area contributed by atoms with Gasteiger partial charge in [-0.3, -0.25) is 23.5 Å². The maximum Gasteiger partial charge on any atom is 0.330 e. The molecule has 0 aliphatic carbocycles. The molecule has 19 heteroatoms. The summed E-state index contributed by atoms with van der Waals surface area (Å²) in [6.07, 6.45) is -4.18. The number of benzene rings is 1. The van der Waals surface area contributed by atoms with Crippen LogP contribution in [0.5, 0.6) is 0 Å². The molecule has 3 aromatic heterocycles. The Hall–Kier alpha value is -3.84. The number of hydrogen-bond acceptors (Lipinski definition) is 15. The number of phosphoric ester groups is 1. The predicted molar refractivity (Wildman–Crippen MR) is 151 cm³/mol. The number of methoxy groups -OCH3 is 1. The van der Waals surface area contributed by atoms with Crippen LogP contribution in [0, 0.1) is 0 Å². The molecule has 5 N–H and O–H groups in total. The van der Waals surface area contributed by atoms with Gasteiger partial charge in [0.1, 0.15) is 42.5 Å². The minimum atomic E-state index is -5.09. The number of rotatable bonds is 10. The Labute approximate surface area is 253 Å². The lowest BCUT2D eigenvalue weighted by Crippen LogP contribution is -2.35. The summed E-state index contributed by atoms with van der Waals surface area (Å²) in [5, 5.41) is 20.7. The number of nitrogens with one attached hydrogen (secondary N) is 1. The van der Waals surface area contributed by atoms with Gasteiger partial charge in [-0.25, -0.2) is 19.7 Å². The molecule has 18 nitrogen and oxygen atoms in total. The van der Waals surface area contributed by atoms with Crippen molar-refractivity contribution in [3.63, 3.8) is 0 Å². The monoisotopic (exact) mass is 646 g/mol. The van der Waals surface area contributed by atoms with Crippen LogP contribution in [-0.2, 0) is 27.8 Å². The lowest BCUT2D eigenvalue weighted by atomic mass is 10.1. The van der Waals surface area contributed by atoms with E-state index in [9.17, 15) is 29.3 Å². The van der Waals surface area contributed by atoms with E-state index in [4.69, 9.17) is 29.0 Å². The molecule has 2 saturated heterocycles. The second kappa shape index (κ2) is 12.5. The summed E-state index contributed by atoms with van der Waals surface area (Å²) >= 11 is 0. The van der Waals surface area contributed by atoms with E-state index in [1.807, 2.05) is 0 Å². The minimum absolute atomic E-state index is 0.136. The number of anilines is 1. The van der Waals surface area contributed by atoms with Crippen molar-refractivity contribution in [3.8, 4) is 11.1 Å². The van der Waals surface area contributed by atoms with Gasteiger partial charge in [0, 0.05) is 19.7 Å². The molecule has 0 bridgehead atoms. The molecule has 8 atom stereocenters. The summed E-state index contributed by atoms with van der Waals surface area (Å²) in [4.78, 5) is 52.5. The van der Waals surface area contributed by atoms with E-state index in [1.165, 1.54) is 30.5 Å². The average molecular weight is 647 g/mol. The van der Waals surface area contributed by atoms with Gasteiger partial charge in [-0.2, -0.15) is 0 Å². The third-order valence-electron chi connectivity index (χ3n) is 7.63. The number of nitrogen functional groups attached to an aromatic ring is 1. The van der Waals surface area contributed by atoms with Crippen molar-refractivity contribution in [2.45, 2.75) is 49.4 Å². The van der Waals surface area contributed by atoms with E-state index in [0.29, 0.717) is 16.7 Å². The zero-order valence-corrected chi connectivity index (χ0v) is 24.5. The van der Waals surface area contributed by atoms with Crippen LogP contribution in [0.15, 0.2) is 58.8 Å². The van der Waals surface area contributed by atoms with Crippen LogP contribution < -0.4 is 21.9 Å². The van der Waals surface area contributed by atoms with Crippen molar-refractivity contribution in [3.05, 3.63) is 70.0 Å². The average Bonchev–Trinajstić information content (AvgIpc) is 3.71. The van der Waals surface area contributed by atoms with E-state index in [2.05, 4.69) is 19.9 Å². The molecule has 240 valence electrons. The Morgan fingerprint density at radius 3 is 2.67 bits per heavy atom. The standard InChI is InChI=1S/C26H30N7O11P/c1-40-21-20(35)17(43-25(21)33-12-30-19-22(27)28-11-29-23(19)33)10-41-45(38,39)44-15-7-18(42-16(15)9-34)32-8-14(24(36)31-26(32)37)13-5-3-2-4-6-13/h2-6,8,11-12,15-18,20-21,25,34-35H,7,9-10H2,1H3,(H,38,39)(H2,27,28,29)(H,31,36,37)/p-1/t15?,16-,17-,18-,20?,21+,25-/m1/s1. The Morgan fingerprint density at radius 1 is 1.16 bits per heavy atom. The van der Waals surface area contributed by atoms with E-state index in [0.717, 1.165) is 4.57 Å². The number of aromatic nitrogens is 6. The summed E-state index contributed by atoms with van der Waals surface area (Å²) in [7, 11) is -3.75. The summed E-state index contributed by atoms with van der Waals surface area (Å²) in [5.74, 6) is 0.136. The zero-order valence-electron chi connectivity index (χ0n) is 23.6. The highest BCUT2D eigenvalue weighted by molar-refractivity contribution is 7.45. The quantitative estimate of drug-likeness (QED) is 0.152. The molecule has 3 unspecified atom stereocenters. The molecule has 6 rings (SSSR count). The first kappa shape index (κ1) is 31.2. The van der Waals surface area contributed by atoms with Crippen LogP contribution >= 0.6 is 7.82 Å². The number of H-pyrrole nitrogens is 1. The van der Waals surface area contributed by atoms with Crippen molar-refractivity contribution in [1.82, 2.24) is 29.1 Å². The molecular formula is C26H29N7O11P-. The molecule has 0 amide bonds. The minimum Gasteiger partial charge on any atom is -0.756 e. The van der Waals surface area contributed by atoms with Crippen molar-refractivity contribution < 1.29 is 42.9 Å². The number of fused-ring (bicyclic) bond motifs is 1. The number of aromatic amines is 1. The topological polar surface area (TPSA) is 251 Å². The third kappa shape index (κ3) is 6.07. The predicted octanol–water partition coefficient (Wildman–Crippen LogP) is -0.951. The Bertz CT molecular complexity index is 1830. The van der Waals surface area contributed by atoms with Gasteiger partial charge in [0.05, 0.1) is 31.2 Å². The number of aliphatic hydroxyl groups excluding tert-OH is 2. The van der Waals surface area contributed by atoms with Crippen LogP contribution in [0.2, 0.25) is 0 Å². The largest absolute Gasteiger partial charge is 0.756 e. The number of hydrogen-bond donors (Lipinski definition) is 4. The van der Waals surface area contributed by atoms with Gasteiger partial charge in [0.2, 0.25) is 0 Å². The molecule has 2 fully saturated rings. The van der Waals surface area contributed by atoms with Crippen molar-refractivity contribution >= 4 is 24.8 Å². The molecule has 2 aliphatic rings. The van der Waals surface area contributed by atoms with E-state index < -0.39 is 75.3 Å². The lowest BCUT2D eigenvalue weighted by Gasteiger charge is -2.29. The first-order valence-corrected chi connectivity index (χ1v) is 15.2. The first-order chi connectivity index (χ1) is 21.6. The number of ether oxygens (including phenoxy) is 3. The van der Waals surface area contributed by atoms with Gasteiger partial charge in [-0.15, -0.1) is 0 Å².